The lowest BCUT2D eigenvalue weighted by atomic mass is 10.0. The SMILES string of the molecule is [2H]c1c([2H])c([2H])c(N(c2ccccc2)c2c([2H])c([2H])c([2H])c3c2c2c([2H])c([2H])c([2H])c4c5c([2H])c6c(c([2H])c5n3c24)c2c([2H])c([2H])c([2H])c3c4c(N(c5ccccc5)c5c([2H])c([2H])c([2H])c([2H])c5[2H])c([2H])c([2H])c([2H])c4n6c32)c([2H])c1[2H]. The summed E-state index contributed by atoms with van der Waals surface area (Å²) in [5, 5.41) is -1.99. The third-order valence-electron chi connectivity index (χ3n) is 10.6. The van der Waals surface area contributed by atoms with Gasteiger partial charge in [0, 0.05) is 65.8 Å². The van der Waals surface area contributed by atoms with E-state index in [1.807, 2.05) is 0 Å². The third kappa shape index (κ3) is 4.18. The molecule has 4 heteroatoms. The van der Waals surface area contributed by atoms with E-state index in [0.29, 0.717) is 0 Å². The van der Waals surface area contributed by atoms with Crippen molar-refractivity contribution in [2.75, 3.05) is 9.80 Å². The predicted octanol–water partition coefficient (Wildman–Crippen LogP) is 14.9. The Morgan fingerprint density at radius 3 is 1.16 bits per heavy atom. The zero-order valence-electron chi connectivity index (χ0n) is 53.6. The van der Waals surface area contributed by atoms with Gasteiger partial charge in [0.25, 0.3) is 0 Å². The Bertz CT molecular complexity index is 4720. The molecule has 58 heavy (non-hydrogen) atoms. The molecule has 0 radical (unpaired) electrons. The van der Waals surface area contributed by atoms with E-state index in [1.165, 1.54) is 33.1 Å². The van der Waals surface area contributed by atoms with Gasteiger partial charge in [-0.1, -0.05) is 121 Å². The first-order chi connectivity index (χ1) is 38.8. The van der Waals surface area contributed by atoms with Crippen LogP contribution < -0.4 is 9.80 Å². The van der Waals surface area contributed by atoms with E-state index < -0.39 is 156 Å². The van der Waals surface area contributed by atoms with Crippen molar-refractivity contribution in [3.63, 3.8) is 0 Å². The molecule has 4 aromatic heterocycles. The minimum Gasteiger partial charge on any atom is -0.310 e. The van der Waals surface area contributed by atoms with Crippen molar-refractivity contribution in [2.24, 2.45) is 0 Å². The molecule has 13 rings (SSSR count). The Morgan fingerprint density at radius 1 is 0.328 bits per heavy atom. The van der Waals surface area contributed by atoms with Gasteiger partial charge >= 0.3 is 0 Å². The molecule has 9 aromatic carbocycles. The fraction of sp³-hybridized carbons (Fsp3) is 0. The zero-order chi connectivity index (χ0) is 58.8. The molecule has 0 bridgehead atoms. The fourth-order valence-corrected chi connectivity index (χ4v) is 8.34. The van der Waals surface area contributed by atoms with Gasteiger partial charge in [0.2, 0.25) is 0 Å². The van der Waals surface area contributed by atoms with Crippen LogP contribution in [-0.2, 0) is 0 Å². The highest BCUT2D eigenvalue weighted by Gasteiger charge is 2.26. The second-order valence-corrected chi connectivity index (χ2v) is 13.5. The molecule has 0 aliphatic heterocycles. The highest BCUT2D eigenvalue weighted by atomic mass is 15.2. The first-order valence-electron chi connectivity index (χ1n) is 30.0. The fourth-order valence-electron chi connectivity index (χ4n) is 8.34. The lowest BCUT2D eigenvalue weighted by Crippen LogP contribution is -2.10. The number of benzene rings is 9. The summed E-state index contributed by atoms with van der Waals surface area (Å²) in [5.74, 6) is 0. The summed E-state index contributed by atoms with van der Waals surface area (Å²) in [6.07, 6.45) is 0. The average Bonchev–Trinajstić information content (AvgIpc) is 1.67. The van der Waals surface area contributed by atoms with Gasteiger partial charge in [-0.25, -0.2) is 0 Å². The van der Waals surface area contributed by atoms with E-state index in [1.54, 1.807) is 36.4 Å². The Morgan fingerprint density at radius 2 is 0.724 bits per heavy atom. The number of anilines is 6. The van der Waals surface area contributed by atoms with E-state index in [4.69, 9.17) is 13.7 Å². The molecule has 0 aliphatic carbocycles. The molecule has 4 heterocycles. The Hall–Kier alpha value is -7.82. The maximum atomic E-state index is 10.4. The normalized spacial score (nSPS) is 17.9. The quantitative estimate of drug-likeness (QED) is 0.168. The van der Waals surface area contributed by atoms with Gasteiger partial charge in [-0.15, -0.1) is 0 Å². The number of fused-ring (bicyclic) bond motifs is 12. The van der Waals surface area contributed by atoms with E-state index in [0.717, 1.165) is 9.80 Å². The molecule has 270 valence electrons. The van der Waals surface area contributed by atoms with Gasteiger partial charge in [-0.05, 0) is 84.7 Å². The van der Waals surface area contributed by atoms with Crippen molar-refractivity contribution < 1.29 is 32.9 Å². The van der Waals surface area contributed by atoms with E-state index in [-0.39, 0.29) is 98.9 Å². The van der Waals surface area contributed by atoms with Crippen LogP contribution in [0.25, 0.3) is 76.2 Å². The van der Waals surface area contributed by atoms with Crippen molar-refractivity contribution in [2.45, 2.75) is 0 Å². The smallest absolute Gasteiger partial charge is 0.0653 e. The lowest BCUT2D eigenvalue weighted by molar-refractivity contribution is 1.29. The van der Waals surface area contributed by atoms with Crippen molar-refractivity contribution in [3.8, 4) is 0 Å². The van der Waals surface area contributed by atoms with Crippen molar-refractivity contribution in [1.29, 1.82) is 0 Å². The lowest BCUT2D eigenvalue weighted by Gasteiger charge is -2.26. The van der Waals surface area contributed by atoms with E-state index in [2.05, 4.69) is 0 Å². The molecule has 0 N–H and O–H groups in total. The minimum absolute atomic E-state index is 0.101. The number of aromatic nitrogens is 2. The van der Waals surface area contributed by atoms with Gasteiger partial charge in [-0.3, -0.25) is 0 Å². The first kappa shape index (κ1) is 16.3. The molecule has 0 spiro atoms. The molecule has 0 atom stereocenters. The van der Waals surface area contributed by atoms with Gasteiger partial charge in [0.15, 0.2) is 0 Å². The average molecular weight is 763 g/mol. The number of hydrogen-bond acceptors (Lipinski definition) is 2. The molecule has 0 amide bonds. The van der Waals surface area contributed by atoms with Crippen LogP contribution in [0.5, 0.6) is 0 Å². The summed E-state index contributed by atoms with van der Waals surface area (Å²) in [6.45, 7) is 0. The highest BCUT2D eigenvalue weighted by Crippen LogP contribution is 2.49. The van der Waals surface area contributed by atoms with Crippen LogP contribution in [0.2, 0.25) is 0 Å². The van der Waals surface area contributed by atoms with Crippen LogP contribution in [0, 0.1) is 0 Å². The molecule has 4 nitrogen and oxygen atoms in total. The summed E-state index contributed by atoms with van der Waals surface area (Å²) in [7, 11) is 0. The molecule has 0 saturated carbocycles. The predicted molar refractivity (Wildman–Crippen MR) is 245 cm³/mol. The van der Waals surface area contributed by atoms with Gasteiger partial charge in [0.05, 0.1) is 77.4 Å². The number of rotatable bonds is 6. The van der Waals surface area contributed by atoms with Crippen molar-refractivity contribution >= 4 is 110 Å². The van der Waals surface area contributed by atoms with Crippen molar-refractivity contribution in [3.05, 3.63) is 206 Å². The molecule has 0 aliphatic rings. The van der Waals surface area contributed by atoms with Crippen LogP contribution in [0.1, 0.15) is 32.9 Å². The van der Waals surface area contributed by atoms with Gasteiger partial charge < -0.3 is 18.6 Å². The molecule has 0 fully saturated rings. The highest BCUT2D eigenvalue weighted by molar-refractivity contribution is 6.31. The van der Waals surface area contributed by atoms with Gasteiger partial charge in [-0.2, -0.15) is 0 Å². The Balaban J connectivity index is 1.27. The Labute approximate surface area is 367 Å². The van der Waals surface area contributed by atoms with Crippen LogP contribution in [0.4, 0.5) is 34.1 Å². The van der Waals surface area contributed by atoms with Gasteiger partial charge in [0.1, 0.15) is 0 Å². The van der Waals surface area contributed by atoms with Crippen molar-refractivity contribution in [1.82, 2.24) is 8.80 Å². The molecule has 0 unspecified atom stereocenters. The third-order valence-corrected chi connectivity index (χ3v) is 10.6. The number of hydrogen-bond donors (Lipinski definition) is 0. The standard InChI is InChI=1S/C54H34N4/c1-5-17-35(18-6-1)55(36-19-7-2-8-20-36)45-29-15-31-47-51(45)41-27-13-25-39-43-34-50-44(33-49(43)57(47)53(39)41)40-26-14-28-42-52-46(30-16-32-48(52)58(50)54(40)42)56(37-21-9-3-10-22-37)38-23-11-4-12-24-38/h1-34H/i1D,3D,5D,6D,9D,10D,13D,14D,15D,16D,17D,18D,21D,22D,25D,26D,27D,28D,29D,30D,31D,32D,33D,34D. The summed E-state index contributed by atoms with van der Waals surface area (Å²) in [5.41, 5.74) is -3.04. The maximum absolute atomic E-state index is 10.4. The largest absolute Gasteiger partial charge is 0.310 e. The topological polar surface area (TPSA) is 15.3 Å². The Kier molecular flexibility index (Phi) is 3.34. The summed E-state index contributed by atoms with van der Waals surface area (Å²) < 4.78 is 225. The van der Waals surface area contributed by atoms with Crippen LogP contribution in [0.3, 0.4) is 0 Å². The van der Waals surface area contributed by atoms with Crippen LogP contribution in [0.15, 0.2) is 206 Å². The van der Waals surface area contributed by atoms with Crippen LogP contribution >= 0.6 is 0 Å². The molecule has 0 saturated heterocycles. The first-order valence-corrected chi connectivity index (χ1v) is 18.0. The second-order valence-electron chi connectivity index (χ2n) is 13.5. The zero-order valence-corrected chi connectivity index (χ0v) is 29.6. The summed E-state index contributed by atoms with van der Waals surface area (Å²) in [6, 6.07) is -1.41. The summed E-state index contributed by atoms with van der Waals surface area (Å²) in [4.78, 5) is 2.27. The molecular formula is C54H34N4. The maximum Gasteiger partial charge on any atom is 0.0653 e. The number of para-hydroxylation sites is 6. The van der Waals surface area contributed by atoms with E-state index in [9.17, 15) is 19.2 Å². The van der Waals surface area contributed by atoms with E-state index >= 15 is 0 Å². The molecule has 13 aromatic rings. The number of nitrogens with zero attached hydrogens (tertiary/aromatic N) is 4. The second kappa shape index (κ2) is 11.8. The molecular weight excluding hydrogens is 705 g/mol. The van der Waals surface area contributed by atoms with Crippen LogP contribution in [-0.4, -0.2) is 8.80 Å². The minimum atomic E-state index is -0.776. The monoisotopic (exact) mass is 762 g/mol. The summed E-state index contributed by atoms with van der Waals surface area (Å²) >= 11 is 0.